The van der Waals surface area contributed by atoms with Crippen LogP contribution in [0.15, 0.2) is 48.5 Å². The van der Waals surface area contributed by atoms with E-state index >= 15 is 0 Å². The molecule has 0 saturated heterocycles. The maximum atomic E-state index is 13.6. The zero-order chi connectivity index (χ0) is 17.8. The molecule has 4 nitrogen and oxygen atoms in total. The molecule has 0 aliphatic rings. The van der Waals surface area contributed by atoms with E-state index in [2.05, 4.69) is 4.72 Å². The molecule has 0 amide bonds. The summed E-state index contributed by atoms with van der Waals surface area (Å²) in [6.45, 7) is 1.75. The van der Waals surface area contributed by atoms with Crippen molar-refractivity contribution >= 4 is 21.6 Å². The fourth-order valence-electron chi connectivity index (χ4n) is 2.23. The second-order valence-electron chi connectivity index (χ2n) is 5.62. The van der Waals surface area contributed by atoms with E-state index in [-0.39, 0.29) is 12.1 Å². The van der Waals surface area contributed by atoms with Gasteiger partial charge in [-0.2, -0.15) is 0 Å². The Morgan fingerprint density at radius 2 is 1.92 bits per heavy atom. The first-order chi connectivity index (χ1) is 11.3. The topological polar surface area (TPSA) is 55.4 Å². The van der Waals surface area contributed by atoms with Gasteiger partial charge in [-0.1, -0.05) is 41.9 Å². The number of hydrogen-bond donors (Lipinski definition) is 1. The summed E-state index contributed by atoms with van der Waals surface area (Å²) >= 11 is 5.99. The van der Waals surface area contributed by atoms with Crippen LogP contribution >= 0.6 is 11.6 Å². The maximum absolute atomic E-state index is 13.6. The SMILES string of the molecule is COC(C)(CNS(=O)(=O)Cc1ccccc1F)c1cccc(Cl)c1. The van der Waals surface area contributed by atoms with Crippen molar-refractivity contribution in [3.63, 3.8) is 0 Å². The van der Waals surface area contributed by atoms with E-state index in [1.807, 2.05) is 0 Å². The van der Waals surface area contributed by atoms with Gasteiger partial charge in [0.25, 0.3) is 0 Å². The Bertz CT molecular complexity index is 813. The van der Waals surface area contributed by atoms with Gasteiger partial charge in [-0.15, -0.1) is 0 Å². The summed E-state index contributed by atoms with van der Waals surface area (Å²) in [7, 11) is -2.23. The van der Waals surface area contributed by atoms with E-state index < -0.39 is 27.2 Å². The summed E-state index contributed by atoms with van der Waals surface area (Å²) in [5, 5.41) is 0.532. The lowest BCUT2D eigenvalue weighted by atomic mass is 9.96. The van der Waals surface area contributed by atoms with Crippen molar-refractivity contribution in [2.75, 3.05) is 13.7 Å². The average Bonchev–Trinajstić information content (AvgIpc) is 2.55. The van der Waals surface area contributed by atoms with Gasteiger partial charge in [0.05, 0.1) is 5.75 Å². The summed E-state index contributed by atoms with van der Waals surface area (Å²) in [4.78, 5) is 0. The molecule has 2 aromatic carbocycles. The van der Waals surface area contributed by atoms with Gasteiger partial charge in [0.15, 0.2) is 0 Å². The monoisotopic (exact) mass is 371 g/mol. The molecule has 1 N–H and O–H groups in total. The Hall–Kier alpha value is -1.47. The average molecular weight is 372 g/mol. The minimum Gasteiger partial charge on any atom is -0.372 e. The van der Waals surface area contributed by atoms with Gasteiger partial charge >= 0.3 is 0 Å². The van der Waals surface area contributed by atoms with Gasteiger partial charge in [-0.05, 0) is 30.7 Å². The van der Waals surface area contributed by atoms with E-state index in [1.54, 1.807) is 37.3 Å². The molecule has 0 spiro atoms. The summed E-state index contributed by atoms with van der Waals surface area (Å²) in [5.41, 5.74) is -0.0364. The van der Waals surface area contributed by atoms with Gasteiger partial charge in [-0.3, -0.25) is 0 Å². The zero-order valence-electron chi connectivity index (χ0n) is 13.4. The fourth-order valence-corrected chi connectivity index (χ4v) is 3.66. The van der Waals surface area contributed by atoms with Crippen molar-refractivity contribution < 1.29 is 17.5 Å². The van der Waals surface area contributed by atoms with Crippen molar-refractivity contribution in [2.45, 2.75) is 18.3 Å². The van der Waals surface area contributed by atoms with E-state index in [0.29, 0.717) is 5.02 Å². The number of nitrogens with one attached hydrogen (secondary N) is 1. The molecule has 0 aliphatic carbocycles. The quantitative estimate of drug-likeness (QED) is 0.810. The van der Waals surface area contributed by atoms with Crippen LogP contribution < -0.4 is 4.72 Å². The molecule has 0 saturated carbocycles. The molecule has 130 valence electrons. The van der Waals surface area contributed by atoms with Gasteiger partial charge in [-0.25, -0.2) is 17.5 Å². The Kier molecular flexibility index (Phi) is 5.98. The minimum atomic E-state index is -3.72. The van der Waals surface area contributed by atoms with Crippen LogP contribution in [-0.2, 0) is 26.1 Å². The van der Waals surface area contributed by atoms with Crippen molar-refractivity contribution in [3.05, 3.63) is 70.5 Å². The number of halogens is 2. The van der Waals surface area contributed by atoms with Crippen LogP contribution in [0.2, 0.25) is 5.02 Å². The van der Waals surface area contributed by atoms with Crippen LogP contribution in [-0.4, -0.2) is 22.1 Å². The highest BCUT2D eigenvalue weighted by molar-refractivity contribution is 7.88. The minimum absolute atomic E-state index is 0.000623. The van der Waals surface area contributed by atoms with E-state index in [9.17, 15) is 12.8 Å². The van der Waals surface area contributed by atoms with E-state index in [0.717, 1.165) is 5.56 Å². The third kappa shape index (κ3) is 4.77. The second-order valence-corrected chi connectivity index (χ2v) is 7.86. The highest BCUT2D eigenvalue weighted by Gasteiger charge is 2.28. The van der Waals surface area contributed by atoms with Crippen molar-refractivity contribution in [1.29, 1.82) is 0 Å². The molecule has 2 aromatic rings. The largest absolute Gasteiger partial charge is 0.372 e. The number of ether oxygens (including phenoxy) is 1. The molecule has 0 aromatic heterocycles. The molecule has 0 aliphatic heterocycles. The highest BCUT2D eigenvalue weighted by atomic mass is 35.5. The van der Waals surface area contributed by atoms with E-state index in [4.69, 9.17) is 16.3 Å². The number of rotatable bonds is 7. The summed E-state index contributed by atoms with van der Waals surface area (Å²) in [5.74, 6) is -0.984. The lowest BCUT2D eigenvalue weighted by molar-refractivity contribution is 0.00698. The van der Waals surface area contributed by atoms with Crippen LogP contribution in [0.3, 0.4) is 0 Å². The standard InChI is InChI=1S/C17H19ClFNO3S/c1-17(23-2,14-7-5-8-15(18)10-14)12-20-24(21,22)11-13-6-3-4-9-16(13)19/h3-10,20H,11-12H2,1-2H3. The molecule has 2 rings (SSSR count). The van der Waals surface area contributed by atoms with Crippen LogP contribution in [0.5, 0.6) is 0 Å². The Labute approximate surface area is 146 Å². The second kappa shape index (κ2) is 7.61. The number of sulfonamides is 1. The molecule has 7 heteroatoms. The predicted molar refractivity (Wildman–Crippen MR) is 92.8 cm³/mol. The molecular formula is C17H19ClFNO3S. The summed E-state index contributed by atoms with van der Waals surface area (Å²) < 4.78 is 46.1. The van der Waals surface area contributed by atoms with Crippen molar-refractivity contribution in [3.8, 4) is 0 Å². The molecular weight excluding hydrogens is 353 g/mol. The summed E-state index contributed by atoms with van der Waals surface area (Å²) in [6.07, 6.45) is 0. The Morgan fingerprint density at radius 3 is 2.54 bits per heavy atom. The van der Waals surface area contributed by atoms with Crippen LogP contribution in [0, 0.1) is 5.82 Å². The lowest BCUT2D eigenvalue weighted by Crippen LogP contribution is -2.40. The third-order valence-corrected chi connectivity index (χ3v) is 5.33. The van der Waals surface area contributed by atoms with Crippen LogP contribution in [0.25, 0.3) is 0 Å². The lowest BCUT2D eigenvalue weighted by Gasteiger charge is -2.29. The number of methoxy groups -OCH3 is 1. The number of hydrogen-bond acceptors (Lipinski definition) is 3. The maximum Gasteiger partial charge on any atom is 0.215 e. The molecule has 24 heavy (non-hydrogen) atoms. The highest BCUT2D eigenvalue weighted by Crippen LogP contribution is 2.26. The normalized spacial score (nSPS) is 14.3. The van der Waals surface area contributed by atoms with Crippen molar-refractivity contribution in [1.82, 2.24) is 4.72 Å². The fraction of sp³-hybridized carbons (Fsp3) is 0.294. The van der Waals surface area contributed by atoms with Gasteiger partial charge in [0, 0.05) is 24.2 Å². The molecule has 0 heterocycles. The smallest absolute Gasteiger partial charge is 0.215 e. The molecule has 0 radical (unpaired) electrons. The van der Waals surface area contributed by atoms with E-state index in [1.165, 1.54) is 25.3 Å². The first kappa shape index (κ1) is 18.9. The van der Waals surface area contributed by atoms with Crippen LogP contribution in [0.1, 0.15) is 18.1 Å². The summed E-state index contributed by atoms with van der Waals surface area (Å²) in [6, 6.07) is 12.8. The Balaban J connectivity index is 2.13. The van der Waals surface area contributed by atoms with Crippen molar-refractivity contribution in [2.24, 2.45) is 0 Å². The van der Waals surface area contributed by atoms with Gasteiger partial charge in [0.2, 0.25) is 10.0 Å². The predicted octanol–water partition coefficient (Wildman–Crippen LogP) is 3.46. The van der Waals surface area contributed by atoms with Crippen LogP contribution in [0.4, 0.5) is 4.39 Å². The first-order valence-electron chi connectivity index (χ1n) is 7.28. The first-order valence-corrected chi connectivity index (χ1v) is 9.31. The Morgan fingerprint density at radius 1 is 1.21 bits per heavy atom. The molecule has 0 fully saturated rings. The number of benzene rings is 2. The molecule has 0 bridgehead atoms. The van der Waals surface area contributed by atoms with Gasteiger partial charge < -0.3 is 4.74 Å². The third-order valence-electron chi connectivity index (χ3n) is 3.82. The van der Waals surface area contributed by atoms with Gasteiger partial charge in [0.1, 0.15) is 11.4 Å². The zero-order valence-corrected chi connectivity index (χ0v) is 15.0. The molecule has 1 atom stereocenters. The molecule has 1 unspecified atom stereocenters.